The van der Waals surface area contributed by atoms with Gasteiger partial charge in [-0.05, 0) is 12.1 Å². The summed E-state index contributed by atoms with van der Waals surface area (Å²) in [5.41, 5.74) is 5.07. The smallest absolute Gasteiger partial charge is 0.252 e. The standard InChI is InChI=1S/C7H7NO2.C2H5.Co/c8-7(10)5-3-1-2-4-6(5)9;1-2;/h1-4,9H,(H2,8,10);1H2,2H3;. The van der Waals surface area contributed by atoms with E-state index in [9.17, 15) is 4.79 Å². The van der Waals surface area contributed by atoms with Crippen molar-refractivity contribution in [3.8, 4) is 5.75 Å². The largest absolute Gasteiger partial charge is 0.507 e. The molecular weight excluding hydrogens is 213 g/mol. The van der Waals surface area contributed by atoms with E-state index in [4.69, 9.17) is 10.8 Å². The van der Waals surface area contributed by atoms with Crippen molar-refractivity contribution in [1.29, 1.82) is 0 Å². The third-order valence-corrected chi connectivity index (χ3v) is 1.17. The van der Waals surface area contributed by atoms with Gasteiger partial charge in [-0.3, -0.25) is 4.79 Å². The summed E-state index contributed by atoms with van der Waals surface area (Å²) in [6, 6.07) is 6.15. The predicted octanol–water partition coefficient (Wildman–Crippen LogP) is 1.46. The molecule has 0 saturated carbocycles. The van der Waals surface area contributed by atoms with Gasteiger partial charge in [0, 0.05) is 0 Å². The molecule has 0 fully saturated rings. The third-order valence-electron chi connectivity index (χ3n) is 1.17. The number of amides is 1. The Bertz CT molecular complexity index is 276. The van der Waals surface area contributed by atoms with E-state index in [1.54, 1.807) is 12.1 Å². The zero-order valence-electron chi connectivity index (χ0n) is 7.28. The fourth-order valence-electron chi connectivity index (χ4n) is 0.682. The molecule has 1 aromatic carbocycles. The van der Waals surface area contributed by atoms with Gasteiger partial charge in [-0.1, -0.05) is 12.1 Å². The number of carbonyl (C=O) groups is 1. The number of benzene rings is 1. The molecule has 1 amide bonds. The number of phenols is 1. The van der Waals surface area contributed by atoms with Crippen LogP contribution in [0.15, 0.2) is 24.3 Å². The molecule has 0 bridgehead atoms. The van der Waals surface area contributed by atoms with Crippen molar-refractivity contribution in [3.63, 3.8) is 0 Å². The Kier molecular flexibility index (Phi) is 6.00. The summed E-state index contributed by atoms with van der Waals surface area (Å²) in [4.78, 5) is 10.5. The summed E-state index contributed by atoms with van der Waals surface area (Å²) in [6.45, 7) is 1.99. The molecule has 0 unspecified atom stereocenters. The maximum Gasteiger partial charge on any atom is 0.252 e. The van der Waals surface area contributed by atoms with E-state index in [1.165, 1.54) is 12.1 Å². The average molecular weight is 225 g/mol. The van der Waals surface area contributed by atoms with Gasteiger partial charge < -0.3 is 10.8 Å². The van der Waals surface area contributed by atoms with Crippen LogP contribution in [0.5, 0.6) is 5.75 Å². The van der Waals surface area contributed by atoms with Crippen LogP contribution in [-0.2, 0) is 15.7 Å². The molecule has 3 nitrogen and oxygen atoms in total. The molecular formula is C9H12CoNO2. The molecule has 1 aromatic rings. The van der Waals surface area contributed by atoms with Gasteiger partial charge in [0.25, 0.3) is 5.91 Å². The quantitative estimate of drug-likeness (QED) is 0.759. The second-order valence-electron chi connectivity index (χ2n) is 2.12. The summed E-state index contributed by atoms with van der Waals surface area (Å²) >= 11 is 3.83. The van der Waals surface area contributed by atoms with Gasteiger partial charge in [-0.2, -0.15) is 0 Å². The molecule has 0 spiro atoms. The fraction of sp³-hybridized carbons (Fsp3) is 0.222. The molecule has 0 saturated heterocycles. The predicted molar refractivity (Wildman–Crippen MR) is 47.1 cm³/mol. The van der Waals surface area contributed by atoms with Crippen molar-refractivity contribution in [2.75, 3.05) is 0 Å². The van der Waals surface area contributed by atoms with E-state index >= 15 is 0 Å². The van der Waals surface area contributed by atoms with Crippen LogP contribution < -0.4 is 5.73 Å². The summed E-state index contributed by atoms with van der Waals surface area (Å²) in [7, 11) is 0. The number of nitrogens with two attached hydrogens (primary N) is 1. The Morgan fingerprint density at radius 2 is 2.00 bits per heavy atom. The topological polar surface area (TPSA) is 63.3 Å². The fourth-order valence-corrected chi connectivity index (χ4v) is 0.682. The van der Waals surface area contributed by atoms with Gasteiger partial charge in [0.1, 0.15) is 5.75 Å². The number of aromatic hydroxyl groups is 1. The molecule has 0 aromatic heterocycles. The van der Waals surface area contributed by atoms with Gasteiger partial charge >= 0.3 is 28.0 Å². The van der Waals surface area contributed by atoms with Crippen LogP contribution in [-0.4, -0.2) is 11.0 Å². The summed E-state index contributed by atoms with van der Waals surface area (Å²) < 4.78 is 0. The zero-order chi connectivity index (χ0) is 10.3. The van der Waals surface area contributed by atoms with Gasteiger partial charge in [-0.25, -0.2) is 0 Å². The molecule has 74 valence electrons. The molecule has 0 heterocycles. The third kappa shape index (κ3) is 4.54. The molecule has 3 N–H and O–H groups in total. The Labute approximate surface area is 85.5 Å². The van der Waals surface area contributed by atoms with Crippen LogP contribution in [0.1, 0.15) is 17.3 Å². The SMILES string of the molecule is C[CH2][Co].NC(=O)c1ccccc1O. The number of para-hydroxylation sites is 1. The van der Waals surface area contributed by atoms with Crippen LogP contribution in [0.4, 0.5) is 0 Å². The average Bonchev–Trinajstić information content (AvgIpc) is 2.06. The number of rotatable bonds is 1. The molecule has 0 aliphatic carbocycles. The molecule has 0 aliphatic heterocycles. The van der Waals surface area contributed by atoms with E-state index < -0.39 is 5.91 Å². The first-order valence-corrected chi connectivity index (χ1v) is 4.47. The van der Waals surface area contributed by atoms with Gasteiger partial charge in [-0.15, -0.1) is 0 Å². The normalized spacial score (nSPS) is 8.54. The molecule has 0 atom stereocenters. The molecule has 0 radical (unpaired) electrons. The Morgan fingerprint density at radius 1 is 1.54 bits per heavy atom. The monoisotopic (exact) mass is 225 g/mol. The van der Waals surface area contributed by atoms with Crippen molar-refractivity contribution in [2.45, 2.75) is 12.3 Å². The molecule has 13 heavy (non-hydrogen) atoms. The van der Waals surface area contributed by atoms with Crippen molar-refractivity contribution in [1.82, 2.24) is 0 Å². The summed E-state index contributed by atoms with van der Waals surface area (Å²) in [6.07, 6.45) is 0. The Morgan fingerprint density at radius 3 is 2.31 bits per heavy atom. The first-order valence-electron chi connectivity index (χ1n) is 3.74. The van der Waals surface area contributed by atoms with Crippen molar-refractivity contribution in [3.05, 3.63) is 29.8 Å². The second-order valence-corrected chi connectivity index (χ2v) is 2.85. The Balaban J connectivity index is 0.000000424. The molecule has 1 rings (SSSR count). The summed E-state index contributed by atoms with van der Waals surface area (Å²) in [5.74, 6) is -0.687. The molecule has 0 aliphatic rings. The van der Waals surface area contributed by atoms with Gasteiger partial charge in [0.15, 0.2) is 0 Å². The van der Waals surface area contributed by atoms with Crippen LogP contribution in [0.2, 0.25) is 5.36 Å². The van der Waals surface area contributed by atoms with Crippen molar-refractivity contribution < 1.29 is 25.6 Å². The Hall–Kier alpha value is -1.00. The van der Waals surface area contributed by atoms with Gasteiger partial charge in [0.05, 0.1) is 5.56 Å². The van der Waals surface area contributed by atoms with E-state index in [0.717, 1.165) is 5.36 Å². The zero-order valence-corrected chi connectivity index (χ0v) is 8.32. The van der Waals surface area contributed by atoms with E-state index in [-0.39, 0.29) is 11.3 Å². The van der Waals surface area contributed by atoms with Crippen LogP contribution >= 0.6 is 0 Å². The van der Waals surface area contributed by atoms with E-state index in [1.807, 2.05) is 6.92 Å². The minimum atomic E-state index is -0.613. The maximum atomic E-state index is 10.5. The van der Waals surface area contributed by atoms with Crippen LogP contribution in [0.25, 0.3) is 0 Å². The number of hydrogen-bond acceptors (Lipinski definition) is 2. The minimum absolute atomic E-state index is 0.0741. The van der Waals surface area contributed by atoms with Crippen LogP contribution in [0, 0.1) is 0 Å². The number of carbonyl (C=O) groups excluding carboxylic acids is 1. The first kappa shape index (κ1) is 12.0. The first-order chi connectivity index (χ1) is 6.13. The van der Waals surface area contributed by atoms with E-state index in [2.05, 4.69) is 15.7 Å². The van der Waals surface area contributed by atoms with Crippen molar-refractivity contribution in [2.24, 2.45) is 5.73 Å². The number of hydrogen-bond donors (Lipinski definition) is 2. The van der Waals surface area contributed by atoms with E-state index in [0.29, 0.717) is 0 Å². The maximum absolute atomic E-state index is 10.5. The van der Waals surface area contributed by atoms with Crippen LogP contribution in [0.3, 0.4) is 0 Å². The van der Waals surface area contributed by atoms with Gasteiger partial charge in [0.2, 0.25) is 0 Å². The second kappa shape index (κ2) is 6.51. The van der Waals surface area contributed by atoms with Crippen molar-refractivity contribution >= 4 is 5.91 Å². The summed E-state index contributed by atoms with van der Waals surface area (Å²) in [5, 5.41) is 9.92. The minimum Gasteiger partial charge on any atom is -0.507 e. The molecule has 4 heteroatoms. The number of primary amides is 1.